The van der Waals surface area contributed by atoms with Crippen LogP contribution in [0.1, 0.15) is 53.1 Å². The summed E-state index contributed by atoms with van der Waals surface area (Å²) in [6.07, 6.45) is 3.67. The third-order valence-electron chi connectivity index (χ3n) is 6.08. The van der Waals surface area contributed by atoms with Gasteiger partial charge in [0.15, 0.2) is 0 Å². The van der Waals surface area contributed by atoms with E-state index in [9.17, 15) is 14.3 Å². The molecule has 1 aliphatic rings. The van der Waals surface area contributed by atoms with Crippen LogP contribution in [0.15, 0.2) is 46.9 Å². The highest BCUT2D eigenvalue weighted by Gasteiger charge is 2.24. The minimum absolute atomic E-state index is 0.000955. The summed E-state index contributed by atoms with van der Waals surface area (Å²) in [6, 6.07) is 12.0. The lowest BCUT2D eigenvalue weighted by molar-refractivity contribution is -0.0556. The van der Waals surface area contributed by atoms with Crippen molar-refractivity contribution in [1.29, 1.82) is 0 Å². The number of aromatic carboxylic acids is 1. The van der Waals surface area contributed by atoms with E-state index in [0.717, 1.165) is 54.3 Å². The summed E-state index contributed by atoms with van der Waals surface area (Å²) in [5.74, 6) is -0.838. The molecule has 7 nitrogen and oxygen atoms in total. The average molecular weight is 484 g/mol. The third kappa shape index (κ3) is 6.46. The average Bonchev–Trinajstić information content (AvgIpc) is 3.21. The Bertz CT molecular complexity index is 1160. The van der Waals surface area contributed by atoms with Crippen LogP contribution in [0.2, 0.25) is 0 Å². The second kappa shape index (κ2) is 11.5. The Kier molecular flexibility index (Phi) is 8.15. The predicted molar refractivity (Wildman–Crippen MR) is 127 cm³/mol. The maximum atomic E-state index is 13.8. The molecule has 0 spiro atoms. The summed E-state index contributed by atoms with van der Waals surface area (Å²) in [7, 11) is 0. The van der Waals surface area contributed by atoms with Crippen LogP contribution in [0, 0.1) is 19.7 Å². The summed E-state index contributed by atoms with van der Waals surface area (Å²) < 4.78 is 37.2. The first-order valence-corrected chi connectivity index (χ1v) is 11.8. The van der Waals surface area contributed by atoms with Gasteiger partial charge in [-0.25, -0.2) is 14.2 Å². The van der Waals surface area contributed by atoms with Crippen LogP contribution in [0.4, 0.5) is 4.39 Å². The number of aryl methyl sites for hydroxylation is 2. The minimum atomic E-state index is -1.36. The Balaban J connectivity index is 1.24. The van der Waals surface area contributed by atoms with Gasteiger partial charge in [-0.15, -0.1) is 0 Å². The standard InChI is InChI=1S/C27H30FNO6/c1-17-6-3-7-19(14-17)26-29-23(18(2)35-26)16-34-21-9-4-8-20(15-21)32-12-13-33-24-11-5-10-22(28)25(24)27(30)31/h3,5-7,10-11,14,20-21H,4,8-9,12-13,15-16H2,1-2H3,(H,30,31)/t20-,21+/m1/s1. The van der Waals surface area contributed by atoms with E-state index in [1.165, 1.54) is 12.1 Å². The molecule has 1 aliphatic carbocycles. The number of aromatic nitrogens is 1. The van der Waals surface area contributed by atoms with Gasteiger partial charge in [-0.2, -0.15) is 0 Å². The Morgan fingerprint density at radius 3 is 2.66 bits per heavy atom. The van der Waals surface area contributed by atoms with E-state index < -0.39 is 17.3 Å². The SMILES string of the molecule is Cc1cccc(-c2nc(CO[C@H]3CCC[C@@H](OCCOc4cccc(F)c4C(=O)O)C3)c(C)o2)c1. The van der Waals surface area contributed by atoms with Crippen molar-refractivity contribution in [3.05, 3.63) is 70.9 Å². The van der Waals surface area contributed by atoms with Gasteiger partial charge >= 0.3 is 5.97 Å². The fraction of sp³-hybridized carbons (Fsp3) is 0.407. The third-order valence-corrected chi connectivity index (χ3v) is 6.08. The molecule has 4 rings (SSSR count). The van der Waals surface area contributed by atoms with Crippen molar-refractivity contribution in [2.45, 2.75) is 58.3 Å². The number of nitrogens with zero attached hydrogens (tertiary/aromatic N) is 1. The van der Waals surface area contributed by atoms with Crippen molar-refractivity contribution >= 4 is 5.97 Å². The van der Waals surface area contributed by atoms with Gasteiger partial charge in [-0.1, -0.05) is 23.8 Å². The van der Waals surface area contributed by atoms with Crippen LogP contribution in [-0.2, 0) is 16.1 Å². The van der Waals surface area contributed by atoms with E-state index in [4.69, 9.17) is 18.6 Å². The van der Waals surface area contributed by atoms with Crippen LogP contribution >= 0.6 is 0 Å². The number of carboxylic acid groups (broad SMARTS) is 1. The van der Waals surface area contributed by atoms with Crippen LogP contribution in [0.5, 0.6) is 5.75 Å². The molecule has 1 fully saturated rings. The van der Waals surface area contributed by atoms with Crippen LogP contribution in [0.25, 0.3) is 11.5 Å². The van der Waals surface area contributed by atoms with Gasteiger partial charge < -0.3 is 23.7 Å². The van der Waals surface area contributed by atoms with Crippen molar-refractivity contribution in [2.24, 2.45) is 0 Å². The number of hydrogen-bond donors (Lipinski definition) is 1. The fourth-order valence-electron chi connectivity index (χ4n) is 4.26. The van der Waals surface area contributed by atoms with Gasteiger partial charge in [0.25, 0.3) is 0 Å². The van der Waals surface area contributed by atoms with Gasteiger partial charge in [-0.05, 0) is 63.8 Å². The van der Waals surface area contributed by atoms with E-state index in [0.29, 0.717) is 12.5 Å². The molecule has 1 heterocycles. The van der Waals surface area contributed by atoms with Crippen LogP contribution < -0.4 is 4.74 Å². The summed E-state index contributed by atoms with van der Waals surface area (Å²) in [6.45, 7) is 4.71. The summed E-state index contributed by atoms with van der Waals surface area (Å²) in [4.78, 5) is 15.9. The Labute approximate surface area is 203 Å². The smallest absolute Gasteiger partial charge is 0.342 e. The highest BCUT2D eigenvalue weighted by Crippen LogP contribution is 2.27. The zero-order chi connectivity index (χ0) is 24.8. The number of carbonyl (C=O) groups is 1. The van der Waals surface area contributed by atoms with Gasteiger partial charge in [-0.3, -0.25) is 0 Å². The van der Waals surface area contributed by atoms with E-state index in [1.807, 2.05) is 38.1 Å². The predicted octanol–water partition coefficient (Wildman–Crippen LogP) is 5.72. The molecule has 3 aromatic rings. The highest BCUT2D eigenvalue weighted by atomic mass is 19.1. The second-order valence-electron chi connectivity index (χ2n) is 8.75. The molecule has 2 atom stereocenters. The van der Waals surface area contributed by atoms with E-state index >= 15 is 0 Å². The van der Waals surface area contributed by atoms with Crippen LogP contribution in [0.3, 0.4) is 0 Å². The number of rotatable bonds is 10. The molecule has 0 radical (unpaired) electrons. The number of hydrogen-bond acceptors (Lipinski definition) is 6. The first-order chi connectivity index (χ1) is 16.9. The molecular weight excluding hydrogens is 453 g/mol. The van der Waals surface area contributed by atoms with Gasteiger partial charge in [0.05, 0.1) is 25.4 Å². The van der Waals surface area contributed by atoms with Gasteiger partial charge in [0.1, 0.15) is 35.2 Å². The van der Waals surface area contributed by atoms with E-state index in [1.54, 1.807) is 0 Å². The quantitative estimate of drug-likeness (QED) is 0.369. The monoisotopic (exact) mass is 483 g/mol. The van der Waals surface area contributed by atoms with Crippen molar-refractivity contribution in [3.8, 4) is 17.2 Å². The number of carboxylic acids is 1. The highest BCUT2D eigenvalue weighted by molar-refractivity contribution is 5.91. The topological polar surface area (TPSA) is 91.0 Å². The van der Waals surface area contributed by atoms with E-state index in [-0.39, 0.29) is 31.2 Å². The molecule has 2 aromatic carbocycles. The Morgan fingerprint density at radius 1 is 1.11 bits per heavy atom. The Hall–Kier alpha value is -3.23. The van der Waals surface area contributed by atoms with Gasteiger partial charge in [0, 0.05) is 5.56 Å². The molecule has 1 aromatic heterocycles. The lowest BCUT2D eigenvalue weighted by Crippen LogP contribution is -2.29. The van der Waals surface area contributed by atoms with Crippen LogP contribution in [-0.4, -0.2) is 41.5 Å². The molecule has 0 saturated heterocycles. The lowest BCUT2D eigenvalue weighted by atomic mass is 9.95. The lowest BCUT2D eigenvalue weighted by Gasteiger charge is -2.29. The molecule has 1 saturated carbocycles. The normalized spacial score (nSPS) is 17.9. The van der Waals surface area contributed by atoms with Crippen molar-refractivity contribution in [1.82, 2.24) is 4.98 Å². The van der Waals surface area contributed by atoms with Crippen molar-refractivity contribution in [3.63, 3.8) is 0 Å². The molecule has 8 heteroatoms. The van der Waals surface area contributed by atoms with Crippen molar-refractivity contribution in [2.75, 3.05) is 13.2 Å². The number of halogens is 1. The molecule has 0 bridgehead atoms. The maximum Gasteiger partial charge on any atom is 0.342 e. The largest absolute Gasteiger partial charge is 0.490 e. The molecule has 186 valence electrons. The molecule has 0 unspecified atom stereocenters. The molecule has 0 aliphatic heterocycles. The summed E-state index contributed by atoms with van der Waals surface area (Å²) >= 11 is 0. The first-order valence-electron chi connectivity index (χ1n) is 11.8. The zero-order valence-corrected chi connectivity index (χ0v) is 20.0. The summed E-state index contributed by atoms with van der Waals surface area (Å²) in [5, 5.41) is 9.18. The zero-order valence-electron chi connectivity index (χ0n) is 20.0. The van der Waals surface area contributed by atoms with Gasteiger partial charge in [0.2, 0.25) is 5.89 Å². The van der Waals surface area contributed by atoms with E-state index in [2.05, 4.69) is 4.98 Å². The fourth-order valence-corrected chi connectivity index (χ4v) is 4.26. The molecular formula is C27H30FNO6. The first kappa shape index (κ1) is 24.9. The molecule has 35 heavy (non-hydrogen) atoms. The number of oxazole rings is 1. The number of ether oxygens (including phenoxy) is 3. The Morgan fingerprint density at radius 2 is 1.89 bits per heavy atom. The molecule has 1 N–H and O–H groups in total. The number of benzene rings is 2. The summed E-state index contributed by atoms with van der Waals surface area (Å²) in [5.41, 5.74) is 2.42. The maximum absolute atomic E-state index is 13.8. The molecule has 0 amide bonds. The van der Waals surface area contributed by atoms with Crippen molar-refractivity contribution < 1.29 is 32.9 Å². The second-order valence-corrected chi connectivity index (χ2v) is 8.75. The minimum Gasteiger partial charge on any atom is -0.490 e.